The lowest BCUT2D eigenvalue weighted by Crippen LogP contribution is -2.52. The van der Waals surface area contributed by atoms with E-state index in [9.17, 15) is 5.11 Å². The number of rotatable bonds is 4. The number of hydrogen-bond donors (Lipinski definition) is 2. The van der Waals surface area contributed by atoms with Gasteiger partial charge in [-0.3, -0.25) is 0 Å². The lowest BCUT2D eigenvalue weighted by atomic mass is 9.74. The molecule has 2 unspecified atom stereocenters. The van der Waals surface area contributed by atoms with Gasteiger partial charge in [0.25, 0.3) is 0 Å². The van der Waals surface area contributed by atoms with Crippen LogP contribution in [0.2, 0.25) is 0 Å². The molecule has 3 rings (SSSR count). The van der Waals surface area contributed by atoms with Crippen molar-refractivity contribution < 1.29 is 5.11 Å². The van der Waals surface area contributed by atoms with Gasteiger partial charge in [0.2, 0.25) is 0 Å². The van der Waals surface area contributed by atoms with Crippen LogP contribution in [0.3, 0.4) is 0 Å². The first-order valence-corrected chi connectivity index (χ1v) is 6.70. The topological polar surface area (TPSA) is 32.3 Å². The Bertz CT molecular complexity index is 235. The fourth-order valence-corrected chi connectivity index (χ4v) is 3.36. The second-order valence-electron chi connectivity index (χ2n) is 6.05. The Morgan fingerprint density at radius 3 is 2.47 bits per heavy atom. The number of nitrogens with one attached hydrogen (secondary N) is 1. The van der Waals surface area contributed by atoms with Crippen molar-refractivity contribution in [1.29, 1.82) is 0 Å². The molecule has 0 aromatic heterocycles. The SMILES string of the molecule is OCC1(NC2CC2)CCCC(C2CC2)C1. The van der Waals surface area contributed by atoms with Crippen molar-refractivity contribution in [2.24, 2.45) is 11.8 Å². The van der Waals surface area contributed by atoms with Crippen LogP contribution in [-0.2, 0) is 0 Å². The molecule has 0 bridgehead atoms. The fraction of sp³-hybridized carbons (Fsp3) is 1.00. The molecule has 0 spiro atoms. The average Bonchev–Trinajstić information content (AvgIpc) is 3.12. The molecule has 2 N–H and O–H groups in total. The van der Waals surface area contributed by atoms with Crippen molar-refractivity contribution >= 4 is 0 Å². The van der Waals surface area contributed by atoms with Crippen molar-refractivity contribution in [3.63, 3.8) is 0 Å². The summed E-state index contributed by atoms with van der Waals surface area (Å²) in [6, 6.07) is 0.732. The molecule has 15 heavy (non-hydrogen) atoms. The van der Waals surface area contributed by atoms with Crippen LogP contribution in [0.15, 0.2) is 0 Å². The molecule has 3 aliphatic carbocycles. The standard InChI is InChI=1S/C13H23NO/c15-9-13(14-12-5-6-12)7-1-2-11(8-13)10-3-4-10/h10-12,14-15H,1-9H2. The normalized spacial score (nSPS) is 41.8. The maximum atomic E-state index is 9.68. The van der Waals surface area contributed by atoms with E-state index >= 15 is 0 Å². The zero-order valence-corrected chi connectivity index (χ0v) is 9.54. The van der Waals surface area contributed by atoms with E-state index in [4.69, 9.17) is 0 Å². The van der Waals surface area contributed by atoms with Gasteiger partial charge in [-0.15, -0.1) is 0 Å². The second kappa shape index (κ2) is 3.74. The Morgan fingerprint density at radius 1 is 1.07 bits per heavy atom. The summed E-state index contributed by atoms with van der Waals surface area (Å²) in [5.41, 5.74) is 0.104. The average molecular weight is 209 g/mol. The Balaban J connectivity index is 1.64. The Morgan fingerprint density at radius 2 is 1.87 bits per heavy atom. The van der Waals surface area contributed by atoms with E-state index in [0.29, 0.717) is 6.61 Å². The monoisotopic (exact) mass is 209 g/mol. The second-order valence-corrected chi connectivity index (χ2v) is 6.05. The minimum atomic E-state index is 0.104. The van der Waals surface area contributed by atoms with E-state index in [1.165, 1.54) is 51.4 Å². The van der Waals surface area contributed by atoms with Crippen LogP contribution in [0, 0.1) is 11.8 Å². The molecule has 2 atom stereocenters. The molecular formula is C13H23NO. The summed E-state index contributed by atoms with van der Waals surface area (Å²) in [4.78, 5) is 0. The van der Waals surface area contributed by atoms with E-state index in [1.807, 2.05) is 0 Å². The van der Waals surface area contributed by atoms with E-state index in [-0.39, 0.29) is 5.54 Å². The van der Waals surface area contributed by atoms with E-state index in [1.54, 1.807) is 0 Å². The zero-order valence-electron chi connectivity index (χ0n) is 9.54. The summed E-state index contributed by atoms with van der Waals surface area (Å²) < 4.78 is 0. The van der Waals surface area contributed by atoms with Crippen molar-refractivity contribution in [2.75, 3.05) is 6.61 Å². The van der Waals surface area contributed by atoms with Gasteiger partial charge in [0, 0.05) is 11.6 Å². The number of hydrogen-bond acceptors (Lipinski definition) is 2. The van der Waals surface area contributed by atoms with Gasteiger partial charge in [0.15, 0.2) is 0 Å². The number of aliphatic hydroxyl groups is 1. The molecule has 3 aliphatic rings. The highest BCUT2D eigenvalue weighted by Crippen LogP contribution is 2.47. The molecule has 0 aliphatic heterocycles. The molecule has 3 fully saturated rings. The third-order valence-electron chi connectivity index (χ3n) is 4.56. The summed E-state index contributed by atoms with van der Waals surface area (Å²) in [6.45, 7) is 0.354. The quantitative estimate of drug-likeness (QED) is 0.743. The fourth-order valence-electron chi connectivity index (χ4n) is 3.36. The Kier molecular flexibility index (Phi) is 2.52. The highest BCUT2D eigenvalue weighted by Gasteiger charge is 2.43. The van der Waals surface area contributed by atoms with E-state index in [2.05, 4.69) is 5.32 Å². The highest BCUT2D eigenvalue weighted by molar-refractivity contribution is 5.00. The molecular weight excluding hydrogens is 186 g/mol. The van der Waals surface area contributed by atoms with Gasteiger partial charge in [0.05, 0.1) is 6.61 Å². The Hall–Kier alpha value is -0.0800. The Labute approximate surface area is 92.4 Å². The predicted octanol–water partition coefficient (Wildman–Crippen LogP) is 2.07. The summed E-state index contributed by atoms with van der Waals surface area (Å²) >= 11 is 0. The largest absolute Gasteiger partial charge is 0.394 e. The minimum Gasteiger partial charge on any atom is -0.394 e. The molecule has 0 amide bonds. The van der Waals surface area contributed by atoms with Crippen LogP contribution in [0.1, 0.15) is 51.4 Å². The summed E-state index contributed by atoms with van der Waals surface area (Å²) in [5, 5.41) is 13.4. The van der Waals surface area contributed by atoms with Crippen molar-refractivity contribution in [1.82, 2.24) is 5.32 Å². The van der Waals surface area contributed by atoms with Gasteiger partial charge in [0.1, 0.15) is 0 Å². The summed E-state index contributed by atoms with van der Waals surface area (Å²) in [7, 11) is 0. The highest BCUT2D eigenvalue weighted by atomic mass is 16.3. The first-order chi connectivity index (χ1) is 7.31. The molecule has 2 heteroatoms. The molecule has 0 aromatic rings. The molecule has 86 valence electrons. The first kappa shape index (κ1) is 10.1. The molecule has 2 nitrogen and oxygen atoms in total. The van der Waals surface area contributed by atoms with Gasteiger partial charge in [-0.05, 0) is 50.4 Å². The van der Waals surface area contributed by atoms with Crippen molar-refractivity contribution in [3.8, 4) is 0 Å². The third kappa shape index (κ3) is 2.21. The van der Waals surface area contributed by atoms with Crippen LogP contribution in [0.4, 0.5) is 0 Å². The summed E-state index contributed by atoms with van der Waals surface area (Å²) in [5.74, 6) is 1.93. The van der Waals surface area contributed by atoms with Crippen LogP contribution in [-0.4, -0.2) is 23.3 Å². The molecule has 0 heterocycles. The van der Waals surface area contributed by atoms with Crippen LogP contribution >= 0.6 is 0 Å². The maximum Gasteiger partial charge on any atom is 0.0613 e. The third-order valence-corrected chi connectivity index (χ3v) is 4.56. The van der Waals surface area contributed by atoms with Crippen molar-refractivity contribution in [3.05, 3.63) is 0 Å². The van der Waals surface area contributed by atoms with E-state index < -0.39 is 0 Å². The van der Waals surface area contributed by atoms with Crippen LogP contribution in [0.5, 0.6) is 0 Å². The van der Waals surface area contributed by atoms with Gasteiger partial charge in [-0.25, -0.2) is 0 Å². The molecule has 3 saturated carbocycles. The zero-order chi connectivity index (χ0) is 10.3. The molecule has 0 radical (unpaired) electrons. The van der Waals surface area contributed by atoms with Gasteiger partial charge in [-0.1, -0.05) is 12.8 Å². The smallest absolute Gasteiger partial charge is 0.0613 e. The maximum absolute atomic E-state index is 9.68. The summed E-state index contributed by atoms with van der Waals surface area (Å²) in [6.07, 6.45) is 10.7. The van der Waals surface area contributed by atoms with Crippen LogP contribution in [0.25, 0.3) is 0 Å². The lowest BCUT2D eigenvalue weighted by molar-refractivity contribution is 0.0873. The number of aliphatic hydroxyl groups excluding tert-OH is 1. The molecule has 0 aromatic carbocycles. The van der Waals surface area contributed by atoms with Gasteiger partial charge < -0.3 is 10.4 Å². The van der Waals surface area contributed by atoms with Crippen LogP contribution < -0.4 is 5.32 Å². The van der Waals surface area contributed by atoms with Crippen molar-refractivity contribution in [2.45, 2.75) is 62.9 Å². The van der Waals surface area contributed by atoms with Gasteiger partial charge in [-0.2, -0.15) is 0 Å². The van der Waals surface area contributed by atoms with Gasteiger partial charge >= 0.3 is 0 Å². The predicted molar refractivity (Wildman–Crippen MR) is 60.7 cm³/mol. The first-order valence-electron chi connectivity index (χ1n) is 6.70. The lowest BCUT2D eigenvalue weighted by Gasteiger charge is -2.41. The minimum absolute atomic E-state index is 0.104. The van der Waals surface area contributed by atoms with E-state index in [0.717, 1.165) is 17.9 Å². The molecule has 0 saturated heterocycles.